The Bertz CT molecular complexity index is 435. The van der Waals surface area contributed by atoms with Gasteiger partial charge in [0.2, 0.25) is 0 Å². The second kappa shape index (κ2) is 6.75. The molecule has 20 heavy (non-hydrogen) atoms. The highest BCUT2D eigenvalue weighted by Gasteiger charge is 2.29. The molecule has 1 heterocycles. The normalized spacial score (nSPS) is 21.6. The van der Waals surface area contributed by atoms with E-state index in [0.29, 0.717) is 0 Å². The van der Waals surface area contributed by atoms with E-state index in [4.69, 9.17) is 0 Å². The Morgan fingerprint density at radius 3 is 2.75 bits per heavy atom. The minimum atomic E-state index is -0.0585. The summed E-state index contributed by atoms with van der Waals surface area (Å²) < 4.78 is 0. The predicted molar refractivity (Wildman–Crippen MR) is 79.7 cm³/mol. The third-order valence-corrected chi connectivity index (χ3v) is 4.28. The summed E-state index contributed by atoms with van der Waals surface area (Å²) in [5.74, 6) is 0.260. The lowest BCUT2D eigenvalue weighted by Gasteiger charge is -2.28. The number of urea groups is 1. The van der Waals surface area contributed by atoms with E-state index in [0.717, 1.165) is 19.4 Å². The zero-order chi connectivity index (χ0) is 14.5. The monoisotopic (exact) mass is 276 g/mol. The van der Waals surface area contributed by atoms with E-state index in [1.807, 2.05) is 25.1 Å². The average Bonchev–Trinajstić information content (AvgIpc) is 2.95. The van der Waals surface area contributed by atoms with Crippen LogP contribution in [0.5, 0.6) is 0 Å². The van der Waals surface area contributed by atoms with Crippen molar-refractivity contribution in [2.24, 2.45) is 0 Å². The maximum atomic E-state index is 12.3. The molecule has 0 aliphatic carbocycles. The first-order chi connectivity index (χ1) is 9.63. The number of carbonyl (C=O) groups excluding carboxylic acids is 1. The van der Waals surface area contributed by atoms with Crippen molar-refractivity contribution in [1.82, 2.24) is 10.2 Å². The van der Waals surface area contributed by atoms with Gasteiger partial charge in [-0.15, -0.1) is 0 Å². The zero-order valence-corrected chi connectivity index (χ0v) is 12.2. The van der Waals surface area contributed by atoms with Crippen LogP contribution in [0.1, 0.15) is 38.2 Å². The molecule has 4 heteroatoms. The number of benzene rings is 1. The zero-order valence-electron chi connectivity index (χ0n) is 12.2. The molecular formula is C16H24N2O2. The Labute approximate surface area is 120 Å². The second-order valence-corrected chi connectivity index (χ2v) is 5.61. The number of nitrogens with one attached hydrogen (secondary N) is 1. The summed E-state index contributed by atoms with van der Waals surface area (Å²) in [4.78, 5) is 14.0. The van der Waals surface area contributed by atoms with E-state index in [2.05, 4.69) is 24.4 Å². The van der Waals surface area contributed by atoms with Crippen molar-refractivity contribution < 1.29 is 9.90 Å². The van der Waals surface area contributed by atoms with Gasteiger partial charge in [0.25, 0.3) is 0 Å². The number of hydrogen-bond donors (Lipinski definition) is 2. The standard InChI is InChI=1S/C16H24N2O2/c1-12(14-7-4-3-5-8-14)13(2)17-16(20)18-10-6-9-15(18)11-19/h3-5,7-8,12-13,15,19H,6,9-11H2,1-2H3,(H,17,20)/t12?,13?,15-/m1/s1. The Morgan fingerprint density at radius 1 is 1.40 bits per heavy atom. The van der Waals surface area contributed by atoms with Crippen LogP contribution in [0, 0.1) is 0 Å². The SMILES string of the molecule is CC(NC(=O)N1CCC[C@@H]1CO)C(C)c1ccccc1. The van der Waals surface area contributed by atoms with Crippen molar-refractivity contribution in [2.45, 2.75) is 44.7 Å². The quantitative estimate of drug-likeness (QED) is 0.887. The van der Waals surface area contributed by atoms with Crippen molar-refractivity contribution >= 4 is 6.03 Å². The van der Waals surface area contributed by atoms with Crippen molar-refractivity contribution in [2.75, 3.05) is 13.2 Å². The van der Waals surface area contributed by atoms with Gasteiger partial charge in [0.15, 0.2) is 0 Å². The maximum absolute atomic E-state index is 12.3. The molecule has 0 saturated carbocycles. The van der Waals surface area contributed by atoms with Gasteiger partial charge in [-0.05, 0) is 25.3 Å². The minimum absolute atomic E-state index is 0.0192. The Kier molecular flexibility index (Phi) is 5.01. The fourth-order valence-electron chi connectivity index (χ4n) is 2.74. The molecule has 0 radical (unpaired) electrons. The molecule has 1 aromatic carbocycles. The van der Waals surface area contributed by atoms with E-state index in [1.54, 1.807) is 4.90 Å². The van der Waals surface area contributed by atoms with Gasteiger partial charge < -0.3 is 15.3 Å². The van der Waals surface area contributed by atoms with Gasteiger partial charge in [-0.3, -0.25) is 0 Å². The molecule has 0 bridgehead atoms. The average molecular weight is 276 g/mol. The largest absolute Gasteiger partial charge is 0.394 e. The lowest BCUT2D eigenvalue weighted by atomic mass is 9.94. The number of likely N-dealkylation sites (tertiary alicyclic amines) is 1. The lowest BCUT2D eigenvalue weighted by molar-refractivity contribution is 0.154. The molecule has 2 N–H and O–H groups in total. The molecule has 1 aliphatic rings. The molecular weight excluding hydrogens is 252 g/mol. The predicted octanol–water partition coefficient (Wildman–Crippen LogP) is 2.34. The molecule has 1 aromatic rings. The van der Waals surface area contributed by atoms with Crippen LogP contribution in [0.2, 0.25) is 0 Å². The first-order valence-corrected chi connectivity index (χ1v) is 7.36. The molecule has 0 spiro atoms. The Balaban J connectivity index is 1.94. The van der Waals surface area contributed by atoms with Gasteiger partial charge in [0.05, 0.1) is 12.6 Å². The van der Waals surface area contributed by atoms with Crippen LogP contribution in [0.25, 0.3) is 0 Å². The van der Waals surface area contributed by atoms with Crippen LogP contribution in [-0.2, 0) is 0 Å². The van der Waals surface area contributed by atoms with Crippen LogP contribution in [0.4, 0.5) is 4.79 Å². The number of carbonyl (C=O) groups is 1. The molecule has 2 rings (SSSR count). The van der Waals surface area contributed by atoms with Crippen LogP contribution in [0.3, 0.4) is 0 Å². The topological polar surface area (TPSA) is 52.6 Å². The summed E-state index contributed by atoms with van der Waals surface area (Å²) in [5.41, 5.74) is 1.22. The molecule has 1 fully saturated rings. The fourth-order valence-corrected chi connectivity index (χ4v) is 2.74. The van der Waals surface area contributed by atoms with Crippen molar-refractivity contribution in [3.63, 3.8) is 0 Å². The number of rotatable bonds is 4. The molecule has 1 aliphatic heterocycles. The highest BCUT2D eigenvalue weighted by atomic mass is 16.3. The second-order valence-electron chi connectivity index (χ2n) is 5.61. The first-order valence-electron chi connectivity index (χ1n) is 7.36. The highest BCUT2D eigenvalue weighted by molar-refractivity contribution is 5.75. The third kappa shape index (κ3) is 3.31. The summed E-state index contributed by atoms with van der Waals surface area (Å²) in [6.07, 6.45) is 1.87. The maximum Gasteiger partial charge on any atom is 0.317 e. The number of nitrogens with zero attached hydrogens (tertiary/aromatic N) is 1. The van der Waals surface area contributed by atoms with Gasteiger partial charge in [0.1, 0.15) is 0 Å². The van der Waals surface area contributed by atoms with E-state index >= 15 is 0 Å². The van der Waals surface area contributed by atoms with Gasteiger partial charge in [0, 0.05) is 18.5 Å². The molecule has 110 valence electrons. The number of aliphatic hydroxyl groups is 1. The molecule has 2 amide bonds. The van der Waals surface area contributed by atoms with Gasteiger partial charge in [-0.2, -0.15) is 0 Å². The van der Waals surface area contributed by atoms with Crippen LogP contribution < -0.4 is 5.32 Å². The summed E-state index contributed by atoms with van der Waals surface area (Å²) in [6, 6.07) is 10.2. The number of aliphatic hydroxyl groups excluding tert-OH is 1. The van der Waals surface area contributed by atoms with Crippen LogP contribution in [-0.4, -0.2) is 41.3 Å². The summed E-state index contributed by atoms with van der Waals surface area (Å²) in [7, 11) is 0. The minimum Gasteiger partial charge on any atom is -0.394 e. The van der Waals surface area contributed by atoms with E-state index < -0.39 is 0 Å². The lowest BCUT2D eigenvalue weighted by Crippen LogP contribution is -2.48. The number of amides is 2. The fraction of sp³-hybridized carbons (Fsp3) is 0.562. The highest BCUT2D eigenvalue weighted by Crippen LogP contribution is 2.20. The van der Waals surface area contributed by atoms with E-state index in [1.165, 1.54) is 5.56 Å². The molecule has 2 unspecified atom stereocenters. The van der Waals surface area contributed by atoms with E-state index in [9.17, 15) is 9.90 Å². The Morgan fingerprint density at radius 2 is 2.10 bits per heavy atom. The van der Waals surface area contributed by atoms with Crippen molar-refractivity contribution in [3.8, 4) is 0 Å². The summed E-state index contributed by atoms with van der Waals surface area (Å²) in [6.45, 7) is 4.94. The van der Waals surface area contributed by atoms with Crippen molar-refractivity contribution in [1.29, 1.82) is 0 Å². The number of hydrogen-bond acceptors (Lipinski definition) is 2. The molecule has 1 saturated heterocycles. The molecule has 4 nitrogen and oxygen atoms in total. The van der Waals surface area contributed by atoms with Crippen molar-refractivity contribution in [3.05, 3.63) is 35.9 Å². The summed E-state index contributed by atoms with van der Waals surface area (Å²) in [5, 5.41) is 12.3. The third-order valence-electron chi connectivity index (χ3n) is 4.28. The van der Waals surface area contributed by atoms with E-state index in [-0.39, 0.29) is 30.6 Å². The van der Waals surface area contributed by atoms with Gasteiger partial charge in [-0.25, -0.2) is 4.79 Å². The molecule has 3 atom stereocenters. The van der Waals surface area contributed by atoms with Gasteiger partial charge >= 0.3 is 6.03 Å². The first kappa shape index (κ1) is 14.9. The van der Waals surface area contributed by atoms with Crippen LogP contribution >= 0.6 is 0 Å². The van der Waals surface area contributed by atoms with Gasteiger partial charge in [-0.1, -0.05) is 37.3 Å². The smallest absolute Gasteiger partial charge is 0.317 e. The molecule has 0 aromatic heterocycles. The Hall–Kier alpha value is -1.55. The van der Waals surface area contributed by atoms with Crippen LogP contribution in [0.15, 0.2) is 30.3 Å². The summed E-state index contributed by atoms with van der Waals surface area (Å²) >= 11 is 0.